The number of benzene rings is 4. The molecule has 7 aromatic rings. The van der Waals surface area contributed by atoms with E-state index >= 15 is 0 Å². The van der Waals surface area contributed by atoms with Gasteiger partial charge in [-0.3, -0.25) is 0 Å². The van der Waals surface area contributed by atoms with Gasteiger partial charge < -0.3 is 9.97 Å². The maximum atomic E-state index is 13.1. The van der Waals surface area contributed by atoms with E-state index < -0.39 is 26.7 Å². The molecule has 2 nitrogen and oxygen atoms in total. The second-order valence-electron chi connectivity index (χ2n) is 14.3. The maximum Gasteiger partial charge on any atom is 0.0795 e. The monoisotopic (exact) mass is 876 g/mol. The van der Waals surface area contributed by atoms with E-state index in [1.54, 1.807) is 44.2 Å². The summed E-state index contributed by atoms with van der Waals surface area (Å²) in [5.41, 5.74) is 4.48. The van der Waals surface area contributed by atoms with Gasteiger partial charge in [0.2, 0.25) is 0 Å². The Hall–Kier alpha value is -3.80. The van der Waals surface area contributed by atoms with Gasteiger partial charge in [0.1, 0.15) is 0 Å². The topological polar surface area (TPSA) is 25.8 Å². The zero-order chi connectivity index (χ0) is 39.1. The third kappa shape index (κ3) is 9.29. The second kappa shape index (κ2) is 15.6. The van der Waals surface area contributed by atoms with Crippen molar-refractivity contribution in [3.63, 3.8) is 0 Å². The van der Waals surface area contributed by atoms with E-state index in [0.29, 0.717) is 16.8 Å². The fraction of sp³-hybridized carbons (Fsp3) is 0.227. The van der Waals surface area contributed by atoms with Crippen LogP contribution in [0.5, 0.6) is 0 Å². The van der Waals surface area contributed by atoms with Gasteiger partial charge in [-0.25, -0.2) is 4.39 Å². The molecule has 4 aromatic carbocycles. The molecule has 0 saturated carbocycles. The summed E-state index contributed by atoms with van der Waals surface area (Å²) in [5.74, 6) is -0.255. The van der Waals surface area contributed by atoms with Crippen molar-refractivity contribution in [1.82, 2.24) is 9.97 Å². The number of nitrogens with zero attached hydrogens (tertiary/aromatic N) is 2. The predicted molar refractivity (Wildman–Crippen MR) is 210 cm³/mol. The van der Waals surface area contributed by atoms with Gasteiger partial charge in [0.05, 0.1) is 8.07 Å². The molecular weight excluding hydrogens is 828 g/mol. The average molecular weight is 876 g/mol. The molecule has 1 radical (unpaired) electrons. The van der Waals surface area contributed by atoms with Gasteiger partial charge in [-0.05, 0) is 74.5 Å². The van der Waals surface area contributed by atoms with Crippen molar-refractivity contribution in [3.8, 4) is 22.5 Å². The number of pyridine rings is 2. The minimum absolute atomic E-state index is 0. The van der Waals surface area contributed by atoms with Crippen LogP contribution in [0.1, 0.15) is 49.9 Å². The summed E-state index contributed by atoms with van der Waals surface area (Å²) in [7, 11) is -1.31. The molecule has 257 valence electrons. The van der Waals surface area contributed by atoms with E-state index in [1.165, 1.54) is 39.3 Å². The van der Waals surface area contributed by atoms with Gasteiger partial charge >= 0.3 is 0 Å². The summed E-state index contributed by atoms with van der Waals surface area (Å²) in [6.07, 6.45) is 2.19. The molecule has 6 heteroatoms. The molecular formula is C44H43FIrN2SSi-2. The molecule has 0 aliphatic rings. The first-order valence-corrected chi connectivity index (χ1v) is 20.7. The van der Waals surface area contributed by atoms with Crippen LogP contribution >= 0.6 is 11.3 Å². The number of halogens is 1. The number of aryl methyl sites for hydroxylation is 1. The molecule has 0 amide bonds. The summed E-state index contributed by atoms with van der Waals surface area (Å²) in [4.78, 5) is 8.86. The molecule has 0 aliphatic carbocycles. The molecule has 7 rings (SSSR count). The Labute approximate surface area is 322 Å². The Balaban J connectivity index is 0.000000271. The number of rotatable bonds is 6. The van der Waals surface area contributed by atoms with E-state index in [1.807, 2.05) is 30.5 Å². The third-order valence-electron chi connectivity index (χ3n) is 8.08. The van der Waals surface area contributed by atoms with Crippen LogP contribution in [0.4, 0.5) is 4.39 Å². The Morgan fingerprint density at radius 2 is 1.54 bits per heavy atom. The number of aromatic nitrogens is 2. The molecule has 0 bridgehead atoms. The summed E-state index contributed by atoms with van der Waals surface area (Å²) >= 11 is 1.71. The van der Waals surface area contributed by atoms with Crippen molar-refractivity contribution in [1.29, 1.82) is 0 Å². The van der Waals surface area contributed by atoms with Crippen LogP contribution in [0, 0.1) is 30.2 Å². The molecule has 3 heterocycles. The fourth-order valence-electron chi connectivity index (χ4n) is 5.55. The van der Waals surface area contributed by atoms with Gasteiger partial charge in [0, 0.05) is 49.9 Å². The zero-order valence-electron chi connectivity index (χ0n) is 34.1. The van der Waals surface area contributed by atoms with Crippen LogP contribution in [0.3, 0.4) is 0 Å². The smallest absolute Gasteiger partial charge is 0.0795 e. The van der Waals surface area contributed by atoms with Crippen molar-refractivity contribution >= 4 is 44.8 Å². The van der Waals surface area contributed by atoms with Crippen LogP contribution in [-0.2, 0) is 32.9 Å². The van der Waals surface area contributed by atoms with Crippen LogP contribution in [0.2, 0.25) is 19.6 Å². The Morgan fingerprint density at radius 1 is 0.800 bits per heavy atom. The molecule has 0 saturated heterocycles. The van der Waals surface area contributed by atoms with Gasteiger partial charge in [0.15, 0.2) is 0 Å². The Kier molecular flexibility index (Phi) is 9.67. The Bertz CT molecular complexity index is 2420. The van der Waals surface area contributed by atoms with Gasteiger partial charge in [-0.1, -0.05) is 112 Å². The molecule has 3 aromatic heterocycles. The normalized spacial score (nSPS) is 13.6. The van der Waals surface area contributed by atoms with Crippen LogP contribution < -0.4 is 5.19 Å². The van der Waals surface area contributed by atoms with Gasteiger partial charge in [-0.2, -0.15) is 11.3 Å². The first-order chi connectivity index (χ1) is 25.3. The second-order valence-corrected chi connectivity index (χ2v) is 20.5. The minimum Gasteiger partial charge on any atom is -0.305 e. The SMILES string of the molecule is C[Si](C)(C)c1ccc(-c2[c-]ccc(F)c2)nc1.[2H]C([2H])([2H])c1cnc(-c2[c-]cc3sc4ccc(Cc5ccccc5)cc4c3c2)cc1C([2H])([2H])C(C)(C)C.[Ir]. The predicted octanol–water partition coefficient (Wildman–Crippen LogP) is 11.6. The number of thiophene rings is 1. The zero-order valence-corrected chi connectivity index (χ0v) is 33.3. The largest absolute Gasteiger partial charge is 0.305 e. The summed E-state index contributed by atoms with van der Waals surface area (Å²) < 4.78 is 56.9. The number of hydrogen-bond acceptors (Lipinski definition) is 3. The maximum absolute atomic E-state index is 13.1. The standard InChI is InChI=1S/C30H28NS.C14H15FNSi.Ir/c1-20-19-31-27(17-24(20)18-30(2,3)4)23-11-13-29-26(16-23)25-15-22(10-12-28(25)32-29)14-21-8-6-5-7-9-21;1-17(2,3)13-7-8-14(16-10-13)11-5-4-6-12(15)9-11;/h5-10,12-13,15-17,19H,14,18H2,1-4H3;4,6-10H,1-3H3;/q2*-1;/i1D3,18D2;;. The number of hydrogen-bond donors (Lipinski definition) is 0. The average Bonchev–Trinajstić information content (AvgIpc) is 3.48. The molecule has 0 aliphatic heterocycles. The quantitative estimate of drug-likeness (QED) is 0.123. The molecule has 0 spiro atoms. The van der Waals surface area contributed by atoms with E-state index in [9.17, 15) is 4.39 Å². The van der Waals surface area contributed by atoms with Crippen LogP contribution in [0.25, 0.3) is 42.7 Å². The molecule has 0 N–H and O–H groups in total. The molecule has 0 atom stereocenters. The fourth-order valence-corrected chi connectivity index (χ4v) is 7.63. The Morgan fingerprint density at radius 3 is 2.22 bits per heavy atom. The molecule has 0 unspecified atom stereocenters. The van der Waals surface area contributed by atoms with Gasteiger partial charge in [0.25, 0.3) is 0 Å². The number of fused-ring (bicyclic) bond motifs is 3. The molecule has 50 heavy (non-hydrogen) atoms. The molecule has 0 fully saturated rings. The minimum atomic E-state index is -2.47. The van der Waals surface area contributed by atoms with Crippen molar-refractivity contribution < 1.29 is 31.3 Å². The summed E-state index contributed by atoms with van der Waals surface area (Å²) in [6.45, 7) is 9.69. The first-order valence-electron chi connectivity index (χ1n) is 18.9. The van der Waals surface area contributed by atoms with Crippen LogP contribution in [0.15, 0.2) is 109 Å². The van der Waals surface area contributed by atoms with Crippen molar-refractivity contribution in [3.05, 3.63) is 150 Å². The van der Waals surface area contributed by atoms with Crippen molar-refractivity contribution in [2.75, 3.05) is 0 Å². The van der Waals surface area contributed by atoms with Crippen molar-refractivity contribution in [2.24, 2.45) is 5.41 Å². The van der Waals surface area contributed by atoms with Crippen LogP contribution in [-0.4, -0.2) is 18.0 Å². The van der Waals surface area contributed by atoms with E-state index in [4.69, 9.17) is 6.85 Å². The van der Waals surface area contributed by atoms with E-state index in [2.05, 4.69) is 90.3 Å². The first kappa shape index (κ1) is 31.0. The van der Waals surface area contributed by atoms with E-state index in [-0.39, 0.29) is 37.0 Å². The summed E-state index contributed by atoms with van der Waals surface area (Å²) in [5, 5.41) is 3.55. The third-order valence-corrected chi connectivity index (χ3v) is 11.2. The van der Waals surface area contributed by atoms with Gasteiger partial charge in [-0.15, -0.1) is 53.6 Å². The summed E-state index contributed by atoms with van der Waals surface area (Å²) in [6, 6.07) is 37.3. The van der Waals surface area contributed by atoms with Crippen molar-refractivity contribution in [2.45, 2.75) is 60.1 Å². The van der Waals surface area contributed by atoms with E-state index in [0.717, 1.165) is 27.6 Å².